The predicted molar refractivity (Wildman–Crippen MR) is 83.8 cm³/mol. The molecular weight excluding hydrogens is 248 g/mol. The van der Waals surface area contributed by atoms with E-state index < -0.39 is 0 Å². The van der Waals surface area contributed by atoms with Crippen molar-refractivity contribution in [1.82, 2.24) is 4.90 Å². The lowest BCUT2D eigenvalue weighted by molar-refractivity contribution is -0.0720. The van der Waals surface area contributed by atoms with Crippen LogP contribution in [0.3, 0.4) is 0 Å². The van der Waals surface area contributed by atoms with Crippen molar-refractivity contribution in [3.8, 4) is 0 Å². The molecule has 20 heavy (non-hydrogen) atoms. The number of nitrogens with two attached hydrogens (primary N) is 1. The molecule has 1 aliphatic heterocycles. The first-order valence-electron chi connectivity index (χ1n) is 7.86. The van der Waals surface area contributed by atoms with Crippen molar-refractivity contribution < 1.29 is 4.74 Å². The van der Waals surface area contributed by atoms with Crippen LogP contribution < -0.4 is 5.73 Å². The summed E-state index contributed by atoms with van der Waals surface area (Å²) < 4.78 is 5.82. The van der Waals surface area contributed by atoms with Gasteiger partial charge in [-0.3, -0.25) is 4.90 Å². The highest BCUT2D eigenvalue weighted by Gasteiger charge is 2.32. The third-order valence-electron chi connectivity index (χ3n) is 4.40. The maximum absolute atomic E-state index is 6.14. The van der Waals surface area contributed by atoms with E-state index in [1.165, 1.54) is 11.1 Å². The number of ether oxygens (including phenoxy) is 1. The zero-order chi connectivity index (χ0) is 14.5. The van der Waals surface area contributed by atoms with Crippen molar-refractivity contribution in [2.24, 2.45) is 5.73 Å². The Morgan fingerprint density at radius 2 is 2.10 bits per heavy atom. The highest BCUT2D eigenvalue weighted by molar-refractivity contribution is 5.30. The summed E-state index contributed by atoms with van der Waals surface area (Å²) in [6, 6.07) is 9.50. The fourth-order valence-electron chi connectivity index (χ4n) is 3.23. The number of morpholine rings is 1. The van der Waals surface area contributed by atoms with E-state index in [-0.39, 0.29) is 0 Å². The number of hydrogen-bond donors (Lipinski definition) is 1. The molecule has 0 spiro atoms. The first-order chi connectivity index (χ1) is 9.71. The molecule has 3 unspecified atom stereocenters. The molecule has 0 aromatic heterocycles. The second-order valence-corrected chi connectivity index (χ2v) is 5.71. The molecule has 1 fully saturated rings. The molecular formula is C17H28N2O. The number of aryl methyl sites for hydroxylation is 1. The molecule has 1 aliphatic rings. The van der Waals surface area contributed by atoms with Crippen LogP contribution in [0.25, 0.3) is 0 Å². The largest absolute Gasteiger partial charge is 0.376 e. The summed E-state index contributed by atoms with van der Waals surface area (Å²) in [5.41, 5.74) is 8.95. The molecule has 1 aromatic rings. The average molecular weight is 276 g/mol. The molecule has 1 saturated heterocycles. The maximum atomic E-state index is 6.14. The first kappa shape index (κ1) is 15.5. The van der Waals surface area contributed by atoms with Crippen molar-refractivity contribution in [3.63, 3.8) is 0 Å². The summed E-state index contributed by atoms with van der Waals surface area (Å²) in [5, 5.41) is 0. The number of rotatable bonds is 5. The SMILES string of the molecule is CCc1ccccc1C(CN)N1CC(C)OCC1CC. The molecule has 1 heterocycles. The Morgan fingerprint density at radius 1 is 1.35 bits per heavy atom. The summed E-state index contributed by atoms with van der Waals surface area (Å²) in [7, 11) is 0. The normalized spacial score (nSPS) is 25.6. The van der Waals surface area contributed by atoms with E-state index in [1.54, 1.807) is 0 Å². The van der Waals surface area contributed by atoms with Crippen molar-refractivity contribution in [1.29, 1.82) is 0 Å². The second-order valence-electron chi connectivity index (χ2n) is 5.71. The lowest BCUT2D eigenvalue weighted by atomic mass is 9.95. The number of benzene rings is 1. The van der Waals surface area contributed by atoms with Crippen LogP contribution in [0.15, 0.2) is 24.3 Å². The van der Waals surface area contributed by atoms with Gasteiger partial charge in [0.05, 0.1) is 12.7 Å². The molecule has 0 saturated carbocycles. The average Bonchev–Trinajstić information content (AvgIpc) is 2.49. The van der Waals surface area contributed by atoms with E-state index in [0.29, 0.717) is 24.7 Å². The van der Waals surface area contributed by atoms with Gasteiger partial charge in [0.15, 0.2) is 0 Å². The fourth-order valence-corrected chi connectivity index (χ4v) is 3.23. The van der Waals surface area contributed by atoms with Gasteiger partial charge in [0.1, 0.15) is 0 Å². The van der Waals surface area contributed by atoms with Gasteiger partial charge in [-0.15, -0.1) is 0 Å². The lowest BCUT2D eigenvalue weighted by Gasteiger charge is -2.43. The predicted octanol–water partition coefficient (Wildman–Crippen LogP) is 2.75. The van der Waals surface area contributed by atoms with E-state index in [9.17, 15) is 0 Å². The van der Waals surface area contributed by atoms with Crippen LogP contribution in [0.4, 0.5) is 0 Å². The van der Waals surface area contributed by atoms with Gasteiger partial charge in [-0.2, -0.15) is 0 Å². The van der Waals surface area contributed by atoms with Gasteiger partial charge in [0.25, 0.3) is 0 Å². The molecule has 3 heteroatoms. The Hall–Kier alpha value is -0.900. The zero-order valence-electron chi connectivity index (χ0n) is 13.0. The Morgan fingerprint density at radius 3 is 2.75 bits per heavy atom. The van der Waals surface area contributed by atoms with Gasteiger partial charge in [-0.05, 0) is 30.9 Å². The minimum atomic E-state index is 0.292. The van der Waals surface area contributed by atoms with E-state index >= 15 is 0 Å². The lowest BCUT2D eigenvalue weighted by Crippen LogP contribution is -2.51. The molecule has 3 atom stereocenters. The topological polar surface area (TPSA) is 38.5 Å². The minimum absolute atomic E-state index is 0.292. The van der Waals surface area contributed by atoms with Gasteiger partial charge in [0.2, 0.25) is 0 Å². The van der Waals surface area contributed by atoms with E-state index in [0.717, 1.165) is 26.0 Å². The van der Waals surface area contributed by atoms with Crippen LogP contribution in [0.5, 0.6) is 0 Å². The molecule has 0 aliphatic carbocycles. The summed E-state index contributed by atoms with van der Waals surface area (Å²) in [4.78, 5) is 2.56. The van der Waals surface area contributed by atoms with Crippen LogP contribution in [0, 0.1) is 0 Å². The summed E-state index contributed by atoms with van der Waals surface area (Å²) in [6.45, 7) is 9.06. The smallest absolute Gasteiger partial charge is 0.0675 e. The Balaban J connectivity index is 2.29. The van der Waals surface area contributed by atoms with Crippen molar-refractivity contribution in [2.45, 2.75) is 51.8 Å². The van der Waals surface area contributed by atoms with Gasteiger partial charge in [0, 0.05) is 25.2 Å². The van der Waals surface area contributed by atoms with Gasteiger partial charge in [-0.1, -0.05) is 38.1 Å². The van der Waals surface area contributed by atoms with E-state index in [1.807, 2.05) is 0 Å². The summed E-state index contributed by atoms with van der Waals surface area (Å²) in [6.07, 6.45) is 2.46. The molecule has 112 valence electrons. The third-order valence-corrected chi connectivity index (χ3v) is 4.40. The Labute approximate surface area is 123 Å². The monoisotopic (exact) mass is 276 g/mol. The van der Waals surface area contributed by atoms with Crippen molar-refractivity contribution in [2.75, 3.05) is 19.7 Å². The molecule has 2 rings (SSSR count). The summed E-state index contributed by atoms with van der Waals surface area (Å²) >= 11 is 0. The van der Waals surface area contributed by atoms with Gasteiger partial charge in [-0.25, -0.2) is 0 Å². The Bertz CT molecular complexity index is 421. The first-order valence-corrected chi connectivity index (χ1v) is 7.86. The minimum Gasteiger partial charge on any atom is -0.376 e. The van der Waals surface area contributed by atoms with Crippen LogP contribution in [-0.2, 0) is 11.2 Å². The quantitative estimate of drug-likeness (QED) is 0.898. The zero-order valence-corrected chi connectivity index (χ0v) is 13.0. The molecule has 1 aromatic carbocycles. The standard InChI is InChI=1S/C17H28N2O/c1-4-14-8-6-7-9-16(14)17(10-18)19-11-13(3)20-12-15(19)5-2/h6-9,13,15,17H,4-5,10-12,18H2,1-3H3. The highest BCUT2D eigenvalue weighted by atomic mass is 16.5. The van der Waals surface area contributed by atoms with Gasteiger partial charge >= 0.3 is 0 Å². The third kappa shape index (κ3) is 3.22. The Kier molecular flexibility index (Phi) is 5.58. The van der Waals surface area contributed by atoms with Crippen molar-refractivity contribution in [3.05, 3.63) is 35.4 Å². The molecule has 0 amide bonds. The highest BCUT2D eigenvalue weighted by Crippen LogP contribution is 2.29. The maximum Gasteiger partial charge on any atom is 0.0675 e. The van der Waals surface area contributed by atoms with Crippen LogP contribution >= 0.6 is 0 Å². The molecule has 2 N–H and O–H groups in total. The van der Waals surface area contributed by atoms with E-state index in [4.69, 9.17) is 10.5 Å². The van der Waals surface area contributed by atoms with E-state index in [2.05, 4.69) is 49.9 Å². The second kappa shape index (κ2) is 7.21. The number of hydrogen-bond acceptors (Lipinski definition) is 3. The van der Waals surface area contributed by atoms with Crippen LogP contribution in [0.1, 0.15) is 44.4 Å². The summed E-state index contributed by atoms with van der Waals surface area (Å²) in [5.74, 6) is 0. The van der Waals surface area contributed by atoms with Crippen molar-refractivity contribution >= 4 is 0 Å². The molecule has 0 radical (unpaired) electrons. The number of nitrogens with zero attached hydrogens (tertiary/aromatic N) is 1. The molecule has 3 nitrogen and oxygen atoms in total. The van der Waals surface area contributed by atoms with Crippen LogP contribution in [0.2, 0.25) is 0 Å². The van der Waals surface area contributed by atoms with Gasteiger partial charge < -0.3 is 10.5 Å². The van der Waals surface area contributed by atoms with Crippen LogP contribution in [-0.4, -0.2) is 36.7 Å². The fraction of sp³-hybridized carbons (Fsp3) is 0.647. The molecule has 0 bridgehead atoms.